The predicted molar refractivity (Wildman–Crippen MR) is 202 cm³/mol. The van der Waals surface area contributed by atoms with Gasteiger partial charge in [-0.25, -0.2) is 15.0 Å². The molecule has 0 fully saturated rings. The van der Waals surface area contributed by atoms with Crippen LogP contribution in [0.1, 0.15) is 0 Å². The minimum atomic E-state index is 0.566. The van der Waals surface area contributed by atoms with E-state index in [0.29, 0.717) is 17.5 Å². The van der Waals surface area contributed by atoms with Crippen molar-refractivity contribution in [1.29, 1.82) is 0 Å². The first kappa shape index (κ1) is 28.2. The number of rotatable bonds is 5. The molecule has 10 aromatic rings. The number of hydrogen-bond donors (Lipinski definition) is 0. The van der Waals surface area contributed by atoms with E-state index in [1.165, 1.54) is 11.1 Å². The maximum Gasteiger partial charge on any atom is 0.164 e. The molecule has 0 amide bonds. The van der Waals surface area contributed by atoms with Crippen molar-refractivity contribution in [3.8, 4) is 56.4 Å². The van der Waals surface area contributed by atoms with Crippen LogP contribution in [0, 0.1) is 0 Å². The summed E-state index contributed by atoms with van der Waals surface area (Å²) in [4.78, 5) is 15.1. The van der Waals surface area contributed by atoms with Crippen LogP contribution in [0.4, 0.5) is 0 Å². The molecule has 0 spiro atoms. The van der Waals surface area contributed by atoms with Crippen LogP contribution in [0.25, 0.3) is 100 Å². The topological polar surface area (TPSA) is 65.0 Å². The summed E-state index contributed by atoms with van der Waals surface area (Å²) in [7, 11) is 0. The van der Waals surface area contributed by atoms with E-state index in [0.717, 1.165) is 71.7 Å². The van der Waals surface area contributed by atoms with Crippen LogP contribution in [0.2, 0.25) is 0 Å². The number of hydrogen-bond acceptors (Lipinski definition) is 5. The normalized spacial score (nSPS) is 11.6. The van der Waals surface area contributed by atoms with Crippen molar-refractivity contribution >= 4 is 43.9 Å². The van der Waals surface area contributed by atoms with Crippen molar-refractivity contribution in [3.63, 3.8) is 0 Å². The van der Waals surface area contributed by atoms with Gasteiger partial charge in [-0.15, -0.1) is 0 Å². The van der Waals surface area contributed by atoms with E-state index in [1.807, 2.05) is 54.6 Å². The van der Waals surface area contributed by atoms with Crippen molar-refractivity contribution < 1.29 is 8.83 Å². The van der Waals surface area contributed by atoms with Crippen LogP contribution in [0.3, 0.4) is 0 Å². The van der Waals surface area contributed by atoms with Gasteiger partial charge in [-0.2, -0.15) is 0 Å². The third-order valence-corrected chi connectivity index (χ3v) is 9.36. The number of furan rings is 2. The number of nitrogens with zero attached hydrogens (tertiary/aromatic N) is 3. The van der Waals surface area contributed by atoms with E-state index >= 15 is 0 Å². The van der Waals surface area contributed by atoms with Gasteiger partial charge in [0, 0.05) is 38.2 Å². The first-order chi connectivity index (χ1) is 24.7. The minimum Gasteiger partial charge on any atom is -0.456 e. The fourth-order valence-corrected chi connectivity index (χ4v) is 6.81. The molecule has 0 aliphatic carbocycles. The first-order valence-electron chi connectivity index (χ1n) is 16.6. The van der Waals surface area contributed by atoms with Gasteiger partial charge >= 0.3 is 0 Å². The zero-order chi connectivity index (χ0) is 33.0. The van der Waals surface area contributed by atoms with Crippen LogP contribution >= 0.6 is 0 Å². The summed E-state index contributed by atoms with van der Waals surface area (Å²) < 4.78 is 12.5. The fraction of sp³-hybridized carbons (Fsp3) is 0. The Morgan fingerprint density at radius 3 is 1.22 bits per heavy atom. The van der Waals surface area contributed by atoms with Crippen molar-refractivity contribution in [2.24, 2.45) is 0 Å². The quantitative estimate of drug-likeness (QED) is 0.187. The van der Waals surface area contributed by atoms with E-state index in [2.05, 4.69) is 109 Å². The molecule has 3 aromatic heterocycles. The minimum absolute atomic E-state index is 0.566. The van der Waals surface area contributed by atoms with Gasteiger partial charge < -0.3 is 8.83 Å². The van der Waals surface area contributed by atoms with E-state index in [4.69, 9.17) is 23.8 Å². The summed E-state index contributed by atoms with van der Waals surface area (Å²) >= 11 is 0. The highest BCUT2D eigenvalue weighted by Crippen LogP contribution is 2.35. The second-order valence-corrected chi connectivity index (χ2v) is 12.4. The second-order valence-electron chi connectivity index (χ2n) is 12.4. The summed E-state index contributed by atoms with van der Waals surface area (Å²) in [5, 5.41) is 4.28. The number of fused-ring (bicyclic) bond motifs is 6. The highest BCUT2D eigenvalue weighted by Gasteiger charge is 2.16. The van der Waals surface area contributed by atoms with Crippen LogP contribution < -0.4 is 0 Å². The van der Waals surface area contributed by atoms with Crippen molar-refractivity contribution in [3.05, 3.63) is 164 Å². The molecule has 234 valence electrons. The number of para-hydroxylation sites is 2. The molecule has 0 radical (unpaired) electrons. The molecule has 0 N–H and O–H groups in total. The fourth-order valence-electron chi connectivity index (χ4n) is 6.81. The van der Waals surface area contributed by atoms with Crippen LogP contribution in [-0.2, 0) is 0 Å². The predicted octanol–water partition coefficient (Wildman–Crippen LogP) is 12.0. The molecule has 7 aromatic carbocycles. The second kappa shape index (κ2) is 11.4. The molecular weight excluding hydrogens is 615 g/mol. The highest BCUT2D eigenvalue weighted by molar-refractivity contribution is 6.06. The molecule has 0 saturated heterocycles. The molecule has 5 heteroatoms. The average molecular weight is 642 g/mol. The van der Waals surface area contributed by atoms with Gasteiger partial charge in [0.25, 0.3) is 0 Å². The molecule has 0 atom stereocenters. The lowest BCUT2D eigenvalue weighted by atomic mass is 9.98. The standard InChI is InChI=1S/C45H27N3O2/c1-2-9-28(10-3-1)31-11-8-12-32(25-31)29-17-19-30(20-18-29)43-46-44(33-21-23-37-35-13-4-6-15-39(35)49-41(37)26-33)48-45(47-43)34-22-24-38-36-14-5-7-16-40(36)50-42(38)27-34/h1-27H. The van der Waals surface area contributed by atoms with Gasteiger partial charge in [0.1, 0.15) is 22.3 Å². The number of benzene rings is 7. The van der Waals surface area contributed by atoms with Crippen LogP contribution in [-0.4, -0.2) is 15.0 Å². The van der Waals surface area contributed by atoms with Gasteiger partial charge in [-0.3, -0.25) is 0 Å². The molecule has 3 heterocycles. The first-order valence-corrected chi connectivity index (χ1v) is 16.6. The third-order valence-electron chi connectivity index (χ3n) is 9.36. The monoisotopic (exact) mass is 641 g/mol. The van der Waals surface area contributed by atoms with E-state index in [1.54, 1.807) is 0 Å². The summed E-state index contributed by atoms with van der Waals surface area (Å²) in [5.74, 6) is 1.72. The summed E-state index contributed by atoms with van der Waals surface area (Å²) in [6.45, 7) is 0. The summed E-state index contributed by atoms with van der Waals surface area (Å²) in [6, 6.07) is 56.0. The van der Waals surface area contributed by atoms with Crippen molar-refractivity contribution in [1.82, 2.24) is 15.0 Å². The Hall–Kier alpha value is -6.85. The van der Waals surface area contributed by atoms with E-state index in [-0.39, 0.29) is 0 Å². The third kappa shape index (κ3) is 4.83. The molecule has 0 aliphatic rings. The molecular formula is C45H27N3O2. The SMILES string of the molecule is c1ccc(-c2cccc(-c3ccc(-c4nc(-c5ccc6c(c5)oc5ccccc56)nc(-c5ccc6c(c5)oc5ccccc56)n4)cc3)c2)cc1. The van der Waals surface area contributed by atoms with E-state index < -0.39 is 0 Å². The average Bonchev–Trinajstić information content (AvgIpc) is 3.76. The molecule has 0 bridgehead atoms. The molecule has 0 aliphatic heterocycles. The summed E-state index contributed by atoms with van der Waals surface area (Å²) in [6.07, 6.45) is 0. The molecule has 5 nitrogen and oxygen atoms in total. The highest BCUT2D eigenvalue weighted by atomic mass is 16.3. The molecule has 0 saturated carbocycles. The van der Waals surface area contributed by atoms with E-state index in [9.17, 15) is 0 Å². The van der Waals surface area contributed by atoms with Gasteiger partial charge in [0.05, 0.1) is 0 Å². The van der Waals surface area contributed by atoms with Crippen LogP contribution in [0.15, 0.2) is 173 Å². The molecule has 10 rings (SSSR count). The maximum atomic E-state index is 6.23. The molecule has 50 heavy (non-hydrogen) atoms. The van der Waals surface area contributed by atoms with Gasteiger partial charge in [-0.1, -0.05) is 121 Å². The van der Waals surface area contributed by atoms with Gasteiger partial charge in [0.2, 0.25) is 0 Å². The Morgan fingerprint density at radius 1 is 0.260 bits per heavy atom. The maximum absolute atomic E-state index is 6.23. The Balaban J connectivity index is 1.09. The zero-order valence-corrected chi connectivity index (χ0v) is 26.7. The number of aromatic nitrogens is 3. The van der Waals surface area contributed by atoms with Crippen LogP contribution in [0.5, 0.6) is 0 Å². The van der Waals surface area contributed by atoms with Crippen molar-refractivity contribution in [2.45, 2.75) is 0 Å². The van der Waals surface area contributed by atoms with Crippen molar-refractivity contribution in [2.75, 3.05) is 0 Å². The lowest BCUT2D eigenvalue weighted by Crippen LogP contribution is -2.00. The Morgan fingerprint density at radius 2 is 0.660 bits per heavy atom. The Bertz CT molecular complexity index is 2740. The lowest BCUT2D eigenvalue weighted by Gasteiger charge is -2.10. The largest absolute Gasteiger partial charge is 0.456 e. The zero-order valence-electron chi connectivity index (χ0n) is 26.7. The smallest absolute Gasteiger partial charge is 0.164 e. The van der Waals surface area contributed by atoms with Gasteiger partial charge in [0.15, 0.2) is 17.5 Å². The Kier molecular flexibility index (Phi) is 6.42. The summed E-state index contributed by atoms with van der Waals surface area (Å²) in [5.41, 5.74) is 10.5. The Labute approximate surface area is 287 Å². The lowest BCUT2D eigenvalue weighted by molar-refractivity contribution is 0.668. The van der Waals surface area contributed by atoms with Gasteiger partial charge in [-0.05, 0) is 64.7 Å². The molecule has 0 unspecified atom stereocenters.